The number of hydrogen-bond acceptors (Lipinski definition) is 4. The van der Waals surface area contributed by atoms with E-state index in [1.54, 1.807) is 18.2 Å². The molecule has 0 atom stereocenters. The molecule has 0 bridgehead atoms. The van der Waals surface area contributed by atoms with Gasteiger partial charge in [0.15, 0.2) is 0 Å². The third-order valence-corrected chi connectivity index (χ3v) is 5.66. The lowest BCUT2D eigenvalue weighted by molar-refractivity contribution is 0.0507. The third kappa shape index (κ3) is 4.26. The maximum Gasteiger partial charge on any atom is 0.323 e. The van der Waals surface area contributed by atoms with Gasteiger partial charge in [0.1, 0.15) is 0 Å². The van der Waals surface area contributed by atoms with Crippen LogP contribution in [0.3, 0.4) is 0 Å². The molecule has 7 nitrogen and oxygen atoms in total. The second kappa shape index (κ2) is 8.06. The molecular formula is C24H28N4O3. The van der Waals surface area contributed by atoms with Gasteiger partial charge in [-0.05, 0) is 82.5 Å². The third-order valence-electron chi connectivity index (χ3n) is 5.66. The molecule has 2 heterocycles. The summed E-state index contributed by atoms with van der Waals surface area (Å²) in [6.45, 7) is 7.59. The molecule has 0 spiro atoms. The van der Waals surface area contributed by atoms with E-state index in [2.05, 4.69) is 15.5 Å². The van der Waals surface area contributed by atoms with Crippen LogP contribution in [0.2, 0.25) is 0 Å². The minimum Gasteiger partial charge on any atom is -0.372 e. The number of benzene rings is 2. The largest absolute Gasteiger partial charge is 0.372 e. The average Bonchev–Trinajstić information content (AvgIpc) is 2.99. The first kappa shape index (κ1) is 20.9. The number of carbonyl (C=O) groups excluding carboxylic acids is 3. The van der Waals surface area contributed by atoms with E-state index in [9.17, 15) is 14.4 Å². The number of amides is 4. The molecule has 0 radical (unpaired) electrons. The molecule has 0 unspecified atom stereocenters. The molecule has 2 aliphatic heterocycles. The van der Waals surface area contributed by atoms with Crippen LogP contribution < -0.4 is 15.5 Å². The first-order valence-corrected chi connectivity index (χ1v) is 10.7. The quantitative estimate of drug-likeness (QED) is 0.704. The number of hydrogen-bond donors (Lipinski definition) is 2. The number of piperidine rings is 1. The minimum atomic E-state index is -0.613. The number of anilines is 3. The number of fused-ring (bicyclic) bond motifs is 1. The normalized spacial score (nSPS) is 16.4. The van der Waals surface area contributed by atoms with Gasteiger partial charge in [-0.1, -0.05) is 0 Å². The molecule has 0 saturated carbocycles. The van der Waals surface area contributed by atoms with Crippen LogP contribution in [0.4, 0.5) is 21.9 Å². The lowest BCUT2D eigenvalue weighted by Gasteiger charge is -2.29. The van der Waals surface area contributed by atoms with Crippen LogP contribution in [0.1, 0.15) is 60.7 Å². The van der Waals surface area contributed by atoms with Crippen molar-refractivity contribution in [2.45, 2.75) is 45.6 Å². The van der Waals surface area contributed by atoms with Crippen molar-refractivity contribution in [2.75, 3.05) is 28.6 Å². The van der Waals surface area contributed by atoms with E-state index in [1.165, 1.54) is 24.2 Å². The van der Waals surface area contributed by atoms with E-state index in [1.807, 2.05) is 45.0 Å². The Morgan fingerprint density at radius 1 is 0.806 bits per heavy atom. The van der Waals surface area contributed by atoms with Crippen molar-refractivity contribution >= 4 is 34.9 Å². The summed E-state index contributed by atoms with van der Waals surface area (Å²) in [5, 5.41) is 5.56. The standard InChI is InChI=1S/C24H28N4O3/c1-24(2,3)28-21(29)19-12-9-17(15-20(19)22(28)30)26-23(31)25-16-7-10-18(11-8-16)27-13-5-4-6-14-27/h7-12,15H,4-6,13-14H2,1-3H3,(H2,25,26,31). The number of nitrogens with one attached hydrogen (secondary N) is 2. The lowest BCUT2D eigenvalue weighted by atomic mass is 10.1. The fourth-order valence-electron chi connectivity index (χ4n) is 4.13. The van der Waals surface area contributed by atoms with Gasteiger partial charge in [-0.2, -0.15) is 0 Å². The van der Waals surface area contributed by atoms with Crippen LogP contribution in [0.5, 0.6) is 0 Å². The van der Waals surface area contributed by atoms with E-state index in [4.69, 9.17) is 0 Å². The first-order chi connectivity index (χ1) is 14.7. The maximum atomic E-state index is 12.7. The van der Waals surface area contributed by atoms with Crippen molar-refractivity contribution in [3.05, 3.63) is 53.6 Å². The Labute approximate surface area is 182 Å². The summed E-state index contributed by atoms with van der Waals surface area (Å²) in [7, 11) is 0. The number of carbonyl (C=O) groups is 3. The zero-order chi connectivity index (χ0) is 22.2. The van der Waals surface area contributed by atoms with E-state index in [0.29, 0.717) is 22.5 Å². The summed E-state index contributed by atoms with van der Waals surface area (Å²) in [5.74, 6) is -0.651. The fraction of sp³-hybridized carbons (Fsp3) is 0.375. The van der Waals surface area contributed by atoms with Crippen molar-refractivity contribution in [3.63, 3.8) is 0 Å². The molecule has 4 rings (SSSR count). The molecule has 4 amide bonds. The Balaban J connectivity index is 1.41. The summed E-state index contributed by atoms with van der Waals surface area (Å²) in [4.78, 5) is 41.3. The van der Waals surface area contributed by atoms with Gasteiger partial charge in [-0.15, -0.1) is 0 Å². The molecule has 31 heavy (non-hydrogen) atoms. The summed E-state index contributed by atoms with van der Waals surface area (Å²) in [5.41, 5.74) is 2.36. The van der Waals surface area contributed by atoms with E-state index in [0.717, 1.165) is 18.8 Å². The topological polar surface area (TPSA) is 81.8 Å². The summed E-state index contributed by atoms with van der Waals surface area (Å²) in [6, 6.07) is 12.2. The zero-order valence-electron chi connectivity index (χ0n) is 18.2. The molecule has 2 N–H and O–H groups in total. The highest BCUT2D eigenvalue weighted by Crippen LogP contribution is 2.31. The molecule has 1 saturated heterocycles. The van der Waals surface area contributed by atoms with Crippen molar-refractivity contribution < 1.29 is 14.4 Å². The molecule has 0 aliphatic carbocycles. The molecule has 1 fully saturated rings. The van der Waals surface area contributed by atoms with E-state index < -0.39 is 11.6 Å². The monoisotopic (exact) mass is 420 g/mol. The molecule has 2 aromatic rings. The highest BCUT2D eigenvalue weighted by molar-refractivity contribution is 6.22. The Morgan fingerprint density at radius 2 is 1.39 bits per heavy atom. The zero-order valence-corrected chi connectivity index (χ0v) is 18.2. The predicted molar refractivity (Wildman–Crippen MR) is 122 cm³/mol. The van der Waals surface area contributed by atoms with Crippen LogP contribution in [0, 0.1) is 0 Å². The van der Waals surface area contributed by atoms with Crippen LogP contribution >= 0.6 is 0 Å². The molecule has 2 aromatic carbocycles. The Bertz CT molecular complexity index is 1020. The van der Waals surface area contributed by atoms with Gasteiger partial charge >= 0.3 is 6.03 Å². The Hall–Kier alpha value is -3.35. The second-order valence-corrected chi connectivity index (χ2v) is 9.05. The van der Waals surface area contributed by atoms with Crippen LogP contribution in [0.25, 0.3) is 0 Å². The molecule has 0 aromatic heterocycles. The Kier molecular flexibility index (Phi) is 5.43. The fourth-order valence-corrected chi connectivity index (χ4v) is 4.13. The molecular weight excluding hydrogens is 392 g/mol. The highest BCUT2D eigenvalue weighted by atomic mass is 16.2. The summed E-state index contributed by atoms with van der Waals surface area (Å²) in [6.07, 6.45) is 3.71. The van der Waals surface area contributed by atoms with Gasteiger partial charge < -0.3 is 15.5 Å². The van der Waals surface area contributed by atoms with Gasteiger partial charge in [0, 0.05) is 35.7 Å². The molecule has 162 valence electrons. The molecule has 7 heteroatoms. The highest BCUT2D eigenvalue weighted by Gasteiger charge is 2.41. The Morgan fingerprint density at radius 3 is 2.03 bits per heavy atom. The van der Waals surface area contributed by atoms with Crippen LogP contribution in [-0.2, 0) is 0 Å². The van der Waals surface area contributed by atoms with Gasteiger partial charge in [0.2, 0.25) is 0 Å². The SMILES string of the molecule is CC(C)(C)N1C(=O)c2ccc(NC(=O)Nc3ccc(N4CCCCC4)cc3)cc2C1=O. The van der Waals surface area contributed by atoms with Crippen molar-refractivity contribution in [1.82, 2.24) is 4.90 Å². The first-order valence-electron chi connectivity index (χ1n) is 10.7. The van der Waals surface area contributed by atoms with Crippen molar-refractivity contribution in [1.29, 1.82) is 0 Å². The lowest BCUT2D eigenvalue weighted by Crippen LogP contribution is -2.45. The van der Waals surface area contributed by atoms with Crippen molar-refractivity contribution in [2.24, 2.45) is 0 Å². The molecule has 2 aliphatic rings. The number of rotatable bonds is 3. The van der Waals surface area contributed by atoms with Gasteiger partial charge in [0.25, 0.3) is 11.8 Å². The minimum absolute atomic E-state index is 0.308. The maximum absolute atomic E-state index is 12.7. The van der Waals surface area contributed by atoms with E-state index in [-0.39, 0.29) is 11.8 Å². The summed E-state index contributed by atoms with van der Waals surface area (Å²) < 4.78 is 0. The summed E-state index contributed by atoms with van der Waals surface area (Å²) >= 11 is 0. The smallest absolute Gasteiger partial charge is 0.323 e. The predicted octanol–water partition coefficient (Wildman–Crippen LogP) is 4.72. The van der Waals surface area contributed by atoms with Crippen LogP contribution in [0.15, 0.2) is 42.5 Å². The number of urea groups is 1. The van der Waals surface area contributed by atoms with Gasteiger partial charge in [-0.25, -0.2) is 4.79 Å². The van der Waals surface area contributed by atoms with E-state index >= 15 is 0 Å². The van der Waals surface area contributed by atoms with Crippen LogP contribution in [-0.4, -0.2) is 41.4 Å². The number of nitrogens with zero attached hydrogens (tertiary/aromatic N) is 2. The average molecular weight is 421 g/mol. The van der Waals surface area contributed by atoms with Crippen molar-refractivity contribution in [3.8, 4) is 0 Å². The van der Waals surface area contributed by atoms with Gasteiger partial charge in [0.05, 0.1) is 11.1 Å². The van der Waals surface area contributed by atoms with Gasteiger partial charge in [-0.3, -0.25) is 14.5 Å². The second-order valence-electron chi connectivity index (χ2n) is 9.05. The number of imide groups is 1.